The van der Waals surface area contributed by atoms with Crippen molar-refractivity contribution in [3.63, 3.8) is 0 Å². The van der Waals surface area contributed by atoms with Crippen molar-refractivity contribution in [2.75, 3.05) is 13.7 Å². The van der Waals surface area contributed by atoms with Gasteiger partial charge in [0.2, 0.25) is 0 Å². The van der Waals surface area contributed by atoms with E-state index in [1.807, 2.05) is 50.2 Å². The second-order valence-corrected chi connectivity index (χ2v) is 6.07. The van der Waals surface area contributed by atoms with Crippen molar-refractivity contribution >= 4 is 6.03 Å². The molecule has 1 aromatic carbocycles. The van der Waals surface area contributed by atoms with Crippen molar-refractivity contribution in [3.05, 3.63) is 59.4 Å². The van der Waals surface area contributed by atoms with Crippen LogP contribution in [-0.4, -0.2) is 29.6 Å². The molecule has 0 saturated carbocycles. The number of urea groups is 1. The van der Waals surface area contributed by atoms with Gasteiger partial charge in [0, 0.05) is 25.5 Å². The Hall–Kier alpha value is -2.56. The van der Waals surface area contributed by atoms with Gasteiger partial charge in [-0.1, -0.05) is 19.1 Å². The summed E-state index contributed by atoms with van der Waals surface area (Å²) in [5.74, 6) is 0.845. The second kappa shape index (κ2) is 9.06. The van der Waals surface area contributed by atoms with Crippen LogP contribution in [-0.2, 0) is 6.54 Å². The number of nitrogens with one attached hydrogen (secondary N) is 1. The van der Waals surface area contributed by atoms with Crippen molar-refractivity contribution < 1.29 is 9.53 Å². The minimum Gasteiger partial charge on any atom is -0.494 e. The fourth-order valence-corrected chi connectivity index (χ4v) is 2.69. The first-order valence-electron chi connectivity index (χ1n) is 8.69. The summed E-state index contributed by atoms with van der Waals surface area (Å²) in [5.41, 5.74) is 3.10. The zero-order chi connectivity index (χ0) is 18.2. The SMILES string of the molecule is CCOc1ccc([C@H](CC)NC(=O)N(C)Cc2ccnc(C)c2)cc1. The van der Waals surface area contributed by atoms with Crippen molar-refractivity contribution in [2.24, 2.45) is 0 Å². The van der Waals surface area contributed by atoms with Crippen LogP contribution < -0.4 is 10.1 Å². The Kier molecular flexibility index (Phi) is 6.81. The molecule has 1 aromatic heterocycles. The number of hydrogen-bond donors (Lipinski definition) is 1. The Labute approximate surface area is 150 Å². The smallest absolute Gasteiger partial charge is 0.317 e. The highest BCUT2D eigenvalue weighted by atomic mass is 16.5. The largest absolute Gasteiger partial charge is 0.494 e. The van der Waals surface area contributed by atoms with Gasteiger partial charge in [-0.2, -0.15) is 0 Å². The molecule has 5 heteroatoms. The van der Waals surface area contributed by atoms with Crippen LogP contribution in [0.5, 0.6) is 5.75 Å². The first-order chi connectivity index (χ1) is 12.0. The van der Waals surface area contributed by atoms with E-state index in [9.17, 15) is 4.79 Å². The van der Waals surface area contributed by atoms with E-state index in [1.54, 1.807) is 18.1 Å². The summed E-state index contributed by atoms with van der Waals surface area (Å²) < 4.78 is 5.47. The van der Waals surface area contributed by atoms with Crippen LogP contribution in [0, 0.1) is 6.92 Å². The Morgan fingerprint density at radius 2 is 1.96 bits per heavy atom. The minimum absolute atomic E-state index is 0.0233. The molecule has 1 N–H and O–H groups in total. The highest BCUT2D eigenvalue weighted by molar-refractivity contribution is 5.74. The number of carbonyl (C=O) groups excluding carboxylic acids is 1. The van der Waals surface area contributed by atoms with E-state index in [4.69, 9.17) is 4.74 Å². The molecule has 0 aliphatic rings. The van der Waals surface area contributed by atoms with Gasteiger partial charge in [-0.3, -0.25) is 4.98 Å². The Balaban J connectivity index is 1.98. The summed E-state index contributed by atoms with van der Waals surface area (Å²) in [5, 5.41) is 3.10. The minimum atomic E-state index is -0.0878. The number of carbonyl (C=O) groups is 1. The zero-order valence-corrected chi connectivity index (χ0v) is 15.5. The number of hydrogen-bond acceptors (Lipinski definition) is 3. The molecule has 0 aliphatic carbocycles. The molecule has 0 bridgehead atoms. The van der Waals surface area contributed by atoms with E-state index in [2.05, 4.69) is 17.2 Å². The van der Waals surface area contributed by atoms with Crippen LogP contribution in [0.15, 0.2) is 42.6 Å². The van der Waals surface area contributed by atoms with E-state index in [-0.39, 0.29) is 12.1 Å². The van der Waals surface area contributed by atoms with Gasteiger partial charge in [-0.15, -0.1) is 0 Å². The van der Waals surface area contributed by atoms with Crippen molar-refractivity contribution in [1.82, 2.24) is 15.2 Å². The molecule has 134 valence electrons. The zero-order valence-electron chi connectivity index (χ0n) is 15.5. The first-order valence-corrected chi connectivity index (χ1v) is 8.69. The molecule has 2 rings (SSSR count). The third kappa shape index (κ3) is 5.48. The van der Waals surface area contributed by atoms with Crippen LogP contribution in [0.3, 0.4) is 0 Å². The predicted octanol–water partition coefficient (Wildman–Crippen LogP) is 4.08. The molecule has 0 radical (unpaired) electrons. The molecule has 2 aromatic rings. The van der Waals surface area contributed by atoms with Crippen LogP contribution in [0.4, 0.5) is 4.79 Å². The van der Waals surface area contributed by atoms with Gasteiger partial charge in [-0.05, 0) is 55.7 Å². The lowest BCUT2D eigenvalue weighted by Crippen LogP contribution is -2.38. The number of benzene rings is 1. The molecule has 25 heavy (non-hydrogen) atoms. The normalized spacial score (nSPS) is 11.7. The first kappa shape index (κ1) is 18.8. The number of pyridine rings is 1. The van der Waals surface area contributed by atoms with E-state index in [1.165, 1.54) is 0 Å². The number of ether oxygens (including phenoxy) is 1. The van der Waals surface area contributed by atoms with E-state index >= 15 is 0 Å². The highest BCUT2D eigenvalue weighted by Crippen LogP contribution is 2.20. The molecule has 5 nitrogen and oxygen atoms in total. The Bertz CT molecular complexity index is 686. The van der Waals surface area contributed by atoms with E-state index in [0.29, 0.717) is 13.2 Å². The van der Waals surface area contributed by atoms with Crippen molar-refractivity contribution in [2.45, 2.75) is 39.8 Å². The predicted molar refractivity (Wildman–Crippen MR) is 99.6 cm³/mol. The fraction of sp³-hybridized carbons (Fsp3) is 0.400. The lowest BCUT2D eigenvalue weighted by atomic mass is 10.0. The summed E-state index contributed by atoms with van der Waals surface area (Å²) >= 11 is 0. The monoisotopic (exact) mass is 341 g/mol. The molecule has 1 heterocycles. The second-order valence-electron chi connectivity index (χ2n) is 6.07. The van der Waals surface area contributed by atoms with Crippen LogP contribution in [0.1, 0.15) is 43.1 Å². The van der Waals surface area contributed by atoms with Gasteiger partial charge in [0.05, 0.1) is 12.6 Å². The molecule has 2 amide bonds. The number of amides is 2. The molecule has 0 saturated heterocycles. The molecular formula is C20H27N3O2. The van der Waals surface area contributed by atoms with Crippen LogP contribution >= 0.6 is 0 Å². The molecule has 0 aliphatic heterocycles. The summed E-state index contributed by atoms with van der Waals surface area (Å²) in [6.07, 6.45) is 2.59. The Morgan fingerprint density at radius 3 is 2.56 bits per heavy atom. The van der Waals surface area contributed by atoms with Crippen molar-refractivity contribution in [3.8, 4) is 5.75 Å². The lowest BCUT2D eigenvalue weighted by Gasteiger charge is -2.23. The summed E-state index contributed by atoms with van der Waals surface area (Å²) in [6.45, 7) is 7.17. The van der Waals surface area contributed by atoms with Crippen LogP contribution in [0.2, 0.25) is 0 Å². The van der Waals surface area contributed by atoms with Gasteiger partial charge >= 0.3 is 6.03 Å². The quantitative estimate of drug-likeness (QED) is 0.825. The van der Waals surface area contributed by atoms with Crippen LogP contribution in [0.25, 0.3) is 0 Å². The third-order valence-corrected chi connectivity index (χ3v) is 4.03. The van der Waals surface area contributed by atoms with E-state index < -0.39 is 0 Å². The number of aromatic nitrogens is 1. The molecule has 0 fully saturated rings. The summed E-state index contributed by atoms with van der Waals surface area (Å²) in [7, 11) is 1.80. The third-order valence-electron chi connectivity index (χ3n) is 4.03. The molecule has 0 unspecified atom stereocenters. The highest BCUT2D eigenvalue weighted by Gasteiger charge is 2.16. The number of nitrogens with zero attached hydrogens (tertiary/aromatic N) is 2. The van der Waals surface area contributed by atoms with Gasteiger partial charge in [0.1, 0.15) is 5.75 Å². The van der Waals surface area contributed by atoms with Gasteiger partial charge in [0.15, 0.2) is 0 Å². The van der Waals surface area contributed by atoms with Gasteiger partial charge < -0.3 is 15.0 Å². The Morgan fingerprint density at radius 1 is 1.24 bits per heavy atom. The number of aryl methyl sites for hydroxylation is 1. The molecular weight excluding hydrogens is 314 g/mol. The van der Waals surface area contributed by atoms with E-state index in [0.717, 1.165) is 29.0 Å². The summed E-state index contributed by atoms with van der Waals surface area (Å²) in [6, 6.07) is 11.7. The molecule has 1 atom stereocenters. The van der Waals surface area contributed by atoms with Gasteiger partial charge in [0.25, 0.3) is 0 Å². The average Bonchev–Trinajstić information content (AvgIpc) is 2.60. The topological polar surface area (TPSA) is 54.5 Å². The lowest BCUT2D eigenvalue weighted by molar-refractivity contribution is 0.202. The van der Waals surface area contributed by atoms with Crippen molar-refractivity contribution in [1.29, 1.82) is 0 Å². The standard InChI is InChI=1S/C20H27N3O2/c1-5-19(17-7-9-18(10-8-17)25-6-2)22-20(24)23(4)14-16-11-12-21-15(3)13-16/h7-13,19H,5-6,14H2,1-4H3,(H,22,24)/t19-/m0/s1. The fourth-order valence-electron chi connectivity index (χ4n) is 2.69. The average molecular weight is 341 g/mol. The number of rotatable bonds is 7. The molecule has 0 spiro atoms. The summed E-state index contributed by atoms with van der Waals surface area (Å²) in [4.78, 5) is 18.4. The maximum absolute atomic E-state index is 12.5. The maximum Gasteiger partial charge on any atom is 0.317 e. The maximum atomic E-state index is 12.5. The van der Waals surface area contributed by atoms with Gasteiger partial charge in [-0.25, -0.2) is 4.79 Å².